The summed E-state index contributed by atoms with van der Waals surface area (Å²) in [5.74, 6) is 1.21. The molecule has 2 fully saturated rings. The van der Waals surface area contributed by atoms with Crippen LogP contribution in [0.2, 0.25) is 0 Å². The molecule has 3 unspecified atom stereocenters. The fraction of sp³-hybridized carbons (Fsp3) is 0.812. The number of aliphatic hydroxyl groups excluding tert-OH is 1. The van der Waals surface area contributed by atoms with Crippen molar-refractivity contribution in [3.8, 4) is 0 Å². The summed E-state index contributed by atoms with van der Waals surface area (Å²) in [6.07, 6.45) is 7.81. The van der Waals surface area contributed by atoms with E-state index in [0.717, 1.165) is 31.5 Å². The largest absolute Gasteiger partial charge is 0.392 e. The molecule has 0 aliphatic heterocycles. The van der Waals surface area contributed by atoms with Gasteiger partial charge in [-0.05, 0) is 39.0 Å². The average Bonchev–Trinajstić information content (AvgIpc) is 3.17. The van der Waals surface area contributed by atoms with E-state index in [1.54, 1.807) is 0 Å². The van der Waals surface area contributed by atoms with Crippen molar-refractivity contribution in [2.45, 2.75) is 76.4 Å². The van der Waals surface area contributed by atoms with Gasteiger partial charge in [0.05, 0.1) is 12.0 Å². The number of carbonyl (C=O) groups excluding carboxylic acids is 1. The Balaban J connectivity index is 1.59. The van der Waals surface area contributed by atoms with E-state index < -0.39 is 6.10 Å². The minimum absolute atomic E-state index is 0.116. The first-order valence-electron chi connectivity index (χ1n) is 8.47. The Kier molecular flexibility index (Phi) is 4.76. The van der Waals surface area contributed by atoms with Crippen LogP contribution in [0.5, 0.6) is 0 Å². The van der Waals surface area contributed by atoms with Crippen molar-refractivity contribution >= 4 is 5.91 Å². The summed E-state index contributed by atoms with van der Waals surface area (Å²) in [6.45, 7) is 1.84. The predicted molar refractivity (Wildman–Crippen MR) is 80.0 cm³/mol. The smallest absolute Gasteiger partial charge is 0.248 e. The van der Waals surface area contributed by atoms with E-state index in [1.807, 2.05) is 6.92 Å². The number of nitrogens with one attached hydrogen (secondary N) is 1. The van der Waals surface area contributed by atoms with E-state index in [1.165, 1.54) is 19.3 Å². The third-order valence-corrected chi connectivity index (χ3v) is 4.97. The van der Waals surface area contributed by atoms with Crippen LogP contribution in [-0.2, 0) is 4.79 Å². The van der Waals surface area contributed by atoms with Crippen molar-refractivity contribution in [2.24, 2.45) is 5.92 Å². The van der Waals surface area contributed by atoms with E-state index in [2.05, 4.69) is 15.5 Å². The lowest BCUT2D eigenvalue weighted by Gasteiger charge is -2.18. The van der Waals surface area contributed by atoms with Gasteiger partial charge in [-0.1, -0.05) is 24.4 Å². The maximum Gasteiger partial charge on any atom is 0.248 e. The third-order valence-electron chi connectivity index (χ3n) is 4.97. The molecule has 0 bridgehead atoms. The number of aromatic nitrogens is 2. The molecule has 1 amide bonds. The SMILES string of the molecule is CC(NC(=O)C1CCCC1O)c1nc(C2CCCCC2)no1. The van der Waals surface area contributed by atoms with E-state index in [9.17, 15) is 9.90 Å². The summed E-state index contributed by atoms with van der Waals surface area (Å²) in [7, 11) is 0. The second kappa shape index (κ2) is 6.77. The van der Waals surface area contributed by atoms with Crippen molar-refractivity contribution in [3.63, 3.8) is 0 Å². The molecular weight excluding hydrogens is 282 g/mol. The number of amides is 1. The zero-order valence-corrected chi connectivity index (χ0v) is 13.1. The van der Waals surface area contributed by atoms with Crippen LogP contribution in [0.1, 0.15) is 82.0 Å². The molecule has 3 atom stereocenters. The van der Waals surface area contributed by atoms with Crippen LogP contribution in [0.3, 0.4) is 0 Å². The maximum absolute atomic E-state index is 12.2. The standard InChI is InChI=1S/C16H25N3O3/c1-10(17-15(21)12-8-5-9-13(12)20)16-18-14(19-22-16)11-6-3-2-4-7-11/h10-13,20H,2-9H2,1H3,(H,17,21). The minimum atomic E-state index is -0.521. The zero-order chi connectivity index (χ0) is 15.5. The molecule has 1 heterocycles. The van der Waals surface area contributed by atoms with E-state index in [-0.39, 0.29) is 17.9 Å². The lowest BCUT2D eigenvalue weighted by atomic mass is 9.89. The molecule has 3 rings (SSSR count). The molecule has 2 saturated carbocycles. The first kappa shape index (κ1) is 15.5. The topological polar surface area (TPSA) is 88.2 Å². The third kappa shape index (κ3) is 3.32. The second-order valence-corrected chi connectivity index (χ2v) is 6.66. The second-order valence-electron chi connectivity index (χ2n) is 6.66. The van der Waals surface area contributed by atoms with Gasteiger partial charge < -0.3 is 14.9 Å². The van der Waals surface area contributed by atoms with E-state index in [4.69, 9.17) is 4.52 Å². The fourth-order valence-electron chi connectivity index (χ4n) is 3.58. The fourth-order valence-corrected chi connectivity index (χ4v) is 3.58. The van der Waals surface area contributed by atoms with Crippen molar-refractivity contribution in [2.75, 3.05) is 0 Å². The quantitative estimate of drug-likeness (QED) is 0.892. The van der Waals surface area contributed by atoms with Crippen LogP contribution < -0.4 is 5.32 Å². The van der Waals surface area contributed by atoms with Crippen molar-refractivity contribution in [1.82, 2.24) is 15.5 Å². The van der Waals surface area contributed by atoms with E-state index in [0.29, 0.717) is 18.2 Å². The molecule has 6 nitrogen and oxygen atoms in total. The number of carbonyl (C=O) groups is 1. The van der Waals surface area contributed by atoms with E-state index >= 15 is 0 Å². The van der Waals surface area contributed by atoms with Gasteiger partial charge in [-0.15, -0.1) is 0 Å². The van der Waals surface area contributed by atoms with Gasteiger partial charge in [0, 0.05) is 5.92 Å². The molecule has 0 saturated heterocycles. The Morgan fingerprint density at radius 1 is 1.23 bits per heavy atom. The van der Waals surface area contributed by atoms with Crippen LogP contribution in [0, 0.1) is 5.92 Å². The summed E-state index contributed by atoms with van der Waals surface area (Å²) < 4.78 is 5.33. The van der Waals surface area contributed by atoms with Crippen LogP contribution >= 0.6 is 0 Å². The van der Waals surface area contributed by atoms with Crippen LogP contribution in [0.25, 0.3) is 0 Å². The van der Waals surface area contributed by atoms with Gasteiger partial charge in [-0.2, -0.15) is 4.98 Å². The van der Waals surface area contributed by atoms with Crippen molar-refractivity contribution in [1.29, 1.82) is 0 Å². The molecule has 0 aromatic carbocycles. The molecule has 122 valence electrons. The number of rotatable bonds is 4. The molecule has 6 heteroatoms. The first-order chi connectivity index (χ1) is 10.6. The minimum Gasteiger partial charge on any atom is -0.392 e. The van der Waals surface area contributed by atoms with Gasteiger partial charge in [0.2, 0.25) is 11.8 Å². The van der Waals surface area contributed by atoms with Crippen molar-refractivity contribution < 1.29 is 14.4 Å². The maximum atomic E-state index is 12.2. The Bertz CT molecular complexity index is 510. The lowest BCUT2D eigenvalue weighted by molar-refractivity contribution is -0.128. The van der Waals surface area contributed by atoms with Gasteiger partial charge in [-0.3, -0.25) is 4.79 Å². The highest BCUT2D eigenvalue weighted by molar-refractivity contribution is 5.79. The van der Waals surface area contributed by atoms with Gasteiger partial charge in [-0.25, -0.2) is 0 Å². The molecule has 22 heavy (non-hydrogen) atoms. The first-order valence-corrected chi connectivity index (χ1v) is 8.47. The lowest BCUT2D eigenvalue weighted by Crippen LogP contribution is -2.36. The van der Waals surface area contributed by atoms with Gasteiger partial charge in [0.1, 0.15) is 6.04 Å². The highest BCUT2D eigenvalue weighted by atomic mass is 16.5. The Morgan fingerprint density at radius 3 is 2.68 bits per heavy atom. The molecule has 2 aliphatic carbocycles. The highest BCUT2D eigenvalue weighted by Crippen LogP contribution is 2.31. The number of nitrogens with zero attached hydrogens (tertiary/aromatic N) is 2. The van der Waals surface area contributed by atoms with Crippen LogP contribution in [0.15, 0.2) is 4.52 Å². The Labute approximate surface area is 130 Å². The summed E-state index contributed by atoms with van der Waals surface area (Å²) in [6, 6.07) is -0.315. The van der Waals surface area contributed by atoms with Gasteiger partial charge in [0.25, 0.3) is 0 Å². The Hall–Kier alpha value is -1.43. The molecule has 2 N–H and O–H groups in total. The van der Waals surface area contributed by atoms with Gasteiger partial charge in [0.15, 0.2) is 5.82 Å². The molecular formula is C16H25N3O3. The summed E-state index contributed by atoms with van der Waals surface area (Å²) in [5.41, 5.74) is 0. The average molecular weight is 307 g/mol. The molecule has 1 aromatic rings. The molecule has 0 spiro atoms. The monoisotopic (exact) mass is 307 g/mol. The molecule has 1 aromatic heterocycles. The molecule has 0 radical (unpaired) electrons. The number of hydrogen-bond acceptors (Lipinski definition) is 5. The van der Waals surface area contributed by atoms with Crippen molar-refractivity contribution in [3.05, 3.63) is 11.7 Å². The number of hydrogen-bond donors (Lipinski definition) is 2. The highest BCUT2D eigenvalue weighted by Gasteiger charge is 2.33. The predicted octanol–water partition coefficient (Wildman–Crippen LogP) is 2.46. The number of aliphatic hydroxyl groups is 1. The normalized spacial score (nSPS) is 27.7. The zero-order valence-electron chi connectivity index (χ0n) is 13.1. The summed E-state index contributed by atoms with van der Waals surface area (Å²) >= 11 is 0. The van der Waals surface area contributed by atoms with Crippen LogP contribution in [0.4, 0.5) is 0 Å². The summed E-state index contributed by atoms with van der Waals surface area (Å²) in [4.78, 5) is 16.7. The molecule has 2 aliphatic rings. The Morgan fingerprint density at radius 2 is 2.00 bits per heavy atom. The van der Waals surface area contributed by atoms with Crippen LogP contribution in [-0.4, -0.2) is 27.3 Å². The van der Waals surface area contributed by atoms with Gasteiger partial charge >= 0.3 is 0 Å². The summed E-state index contributed by atoms with van der Waals surface area (Å²) in [5, 5.41) is 16.8.